The van der Waals surface area contributed by atoms with Crippen molar-refractivity contribution in [3.05, 3.63) is 117 Å². The van der Waals surface area contributed by atoms with Crippen LogP contribution >= 0.6 is 22.9 Å². The molecule has 10 heteroatoms. The maximum absolute atomic E-state index is 13.4. The van der Waals surface area contributed by atoms with E-state index in [0.717, 1.165) is 28.1 Å². The second kappa shape index (κ2) is 10.8. The number of hydrogen-bond acceptors (Lipinski definition) is 7. The number of nitrogens with zero attached hydrogens (tertiary/aromatic N) is 5. The molecular weight excluding hydrogens is 546 g/mol. The molecule has 0 saturated carbocycles. The van der Waals surface area contributed by atoms with Crippen molar-refractivity contribution < 1.29 is 9.47 Å². The Hall–Kier alpha value is -4.73. The molecule has 0 radical (unpaired) electrons. The number of methoxy groups -OCH3 is 1. The maximum atomic E-state index is 13.4. The maximum Gasteiger partial charge on any atom is 0.291 e. The molecule has 0 saturated heterocycles. The largest absolute Gasteiger partial charge is 0.495 e. The summed E-state index contributed by atoms with van der Waals surface area (Å²) in [5, 5.41) is 9.77. The van der Waals surface area contributed by atoms with Crippen molar-refractivity contribution in [2.24, 2.45) is 0 Å². The number of hydrogen-bond donors (Lipinski definition) is 0. The summed E-state index contributed by atoms with van der Waals surface area (Å²) in [4.78, 5) is 18.5. The lowest BCUT2D eigenvalue weighted by Crippen LogP contribution is -2.23. The molecule has 3 aromatic heterocycles. The number of fused-ring (bicyclic) bond motifs is 1. The molecule has 0 N–H and O–H groups in total. The Labute approximate surface area is 238 Å². The third-order valence-electron chi connectivity index (χ3n) is 6.14. The summed E-state index contributed by atoms with van der Waals surface area (Å²) in [6.45, 7) is 4.08. The number of para-hydroxylation sites is 1. The van der Waals surface area contributed by atoms with Crippen LogP contribution in [0.25, 0.3) is 39.4 Å². The van der Waals surface area contributed by atoms with Crippen molar-refractivity contribution in [2.45, 2.75) is 0 Å². The van der Waals surface area contributed by atoms with Gasteiger partial charge in [-0.15, -0.1) is 5.10 Å². The van der Waals surface area contributed by atoms with Crippen molar-refractivity contribution in [3.8, 4) is 39.8 Å². The molecule has 0 aliphatic carbocycles. The van der Waals surface area contributed by atoms with Gasteiger partial charge in [0.25, 0.3) is 5.56 Å². The van der Waals surface area contributed by atoms with E-state index in [0.29, 0.717) is 38.4 Å². The van der Waals surface area contributed by atoms with Crippen LogP contribution in [0.5, 0.6) is 11.5 Å². The van der Waals surface area contributed by atoms with Crippen LogP contribution in [0.2, 0.25) is 5.02 Å². The van der Waals surface area contributed by atoms with Crippen LogP contribution in [-0.2, 0) is 0 Å². The molecule has 0 bridgehead atoms. The first-order valence-corrected chi connectivity index (χ1v) is 13.5. The van der Waals surface area contributed by atoms with Gasteiger partial charge in [-0.05, 0) is 60.7 Å². The number of rotatable bonds is 8. The fraction of sp³-hybridized carbons (Fsp3) is 0.0667. The Bertz CT molecular complexity index is 1950. The predicted octanol–water partition coefficient (Wildman–Crippen LogP) is 5.45. The normalized spacial score (nSPS) is 11.7. The van der Waals surface area contributed by atoms with Gasteiger partial charge in [0.2, 0.25) is 4.96 Å². The van der Waals surface area contributed by atoms with E-state index in [1.165, 1.54) is 15.9 Å². The second-order valence-corrected chi connectivity index (χ2v) is 10.1. The Morgan fingerprint density at radius 1 is 1.02 bits per heavy atom. The summed E-state index contributed by atoms with van der Waals surface area (Å²) >= 11 is 7.70. The number of thiazole rings is 1. The van der Waals surface area contributed by atoms with E-state index >= 15 is 0 Å². The third-order valence-corrected chi connectivity index (χ3v) is 7.39. The average molecular weight is 568 g/mol. The van der Waals surface area contributed by atoms with Crippen molar-refractivity contribution in [1.82, 2.24) is 24.4 Å². The van der Waals surface area contributed by atoms with E-state index < -0.39 is 0 Å². The van der Waals surface area contributed by atoms with Gasteiger partial charge in [0.15, 0.2) is 5.82 Å². The van der Waals surface area contributed by atoms with Gasteiger partial charge in [0, 0.05) is 22.9 Å². The highest BCUT2D eigenvalue weighted by molar-refractivity contribution is 7.15. The number of aromatic nitrogens is 5. The van der Waals surface area contributed by atoms with Crippen LogP contribution in [0.1, 0.15) is 5.56 Å². The summed E-state index contributed by atoms with van der Waals surface area (Å²) in [7, 11) is 1.57. The van der Waals surface area contributed by atoms with E-state index in [9.17, 15) is 4.79 Å². The Morgan fingerprint density at radius 2 is 1.80 bits per heavy atom. The van der Waals surface area contributed by atoms with Gasteiger partial charge < -0.3 is 9.47 Å². The zero-order valence-electron chi connectivity index (χ0n) is 21.3. The molecule has 3 aromatic carbocycles. The van der Waals surface area contributed by atoms with E-state index in [2.05, 4.69) is 16.7 Å². The van der Waals surface area contributed by atoms with Crippen LogP contribution in [-0.4, -0.2) is 38.1 Å². The second-order valence-electron chi connectivity index (χ2n) is 8.73. The van der Waals surface area contributed by atoms with Crippen LogP contribution < -0.4 is 19.6 Å². The quantitative estimate of drug-likeness (QED) is 0.228. The van der Waals surface area contributed by atoms with E-state index in [1.54, 1.807) is 30.0 Å². The lowest BCUT2D eigenvalue weighted by Gasteiger charge is -2.05. The molecule has 0 aliphatic heterocycles. The van der Waals surface area contributed by atoms with Gasteiger partial charge in [-0.1, -0.05) is 53.8 Å². The zero-order chi connectivity index (χ0) is 27.6. The smallest absolute Gasteiger partial charge is 0.291 e. The Balaban J connectivity index is 1.41. The van der Waals surface area contributed by atoms with Crippen molar-refractivity contribution in [3.63, 3.8) is 0 Å². The molecule has 8 nitrogen and oxygen atoms in total. The first kappa shape index (κ1) is 25.5. The summed E-state index contributed by atoms with van der Waals surface area (Å²) in [5.74, 6) is 1.76. The van der Waals surface area contributed by atoms with Crippen LogP contribution in [0.4, 0.5) is 0 Å². The van der Waals surface area contributed by atoms with Gasteiger partial charge >= 0.3 is 0 Å². The monoisotopic (exact) mass is 567 g/mol. The summed E-state index contributed by atoms with van der Waals surface area (Å²) < 4.78 is 14.4. The molecule has 0 fully saturated rings. The fourth-order valence-electron chi connectivity index (χ4n) is 4.20. The summed E-state index contributed by atoms with van der Waals surface area (Å²) in [5.41, 5.74) is 3.64. The van der Waals surface area contributed by atoms with Crippen molar-refractivity contribution in [1.29, 1.82) is 0 Å². The first-order valence-electron chi connectivity index (χ1n) is 12.3. The van der Waals surface area contributed by atoms with E-state index in [1.807, 2.05) is 72.9 Å². The molecular formula is C30H22ClN5O3S. The topological polar surface area (TPSA) is 83.5 Å². The zero-order valence-corrected chi connectivity index (χ0v) is 22.9. The Kier molecular flexibility index (Phi) is 6.90. The van der Waals surface area contributed by atoms with Gasteiger partial charge in [0.1, 0.15) is 23.8 Å². The minimum Gasteiger partial charge on any atom is -0.495 e. The summed E-state index contributed by atoms with van der Waals surface area (Å²) in [6.07, 6.45) is 5.39. The lowest BCUT2D eigenvalue weighted by molar-refractivity contribution is 0.363. The van der Waals surface area contributed by atoms with Crippen molar-refractivity contribution in [2.75, 3.05) is 13.7 Å². The molecule has 0 amide bonds. The van der Waals surface area contributed by atoms with Gasteiger partial charge in [-0.25, -0.2) is 4.68 Å². The minimum atomic E-state index is -0.254. The average Bonchev–Trinajstić information content (AvgIpc) is 3.67. The molecule has 0 spiro atoms. The van der Waals surface area contributed by atoms with Crippen LogP contribution in [0.3, 0.4) is 0 Å². The summed E-state index contributed by atoms with van der Waals surface area (Å²) in [6, 6.07) is 22.6. The molecule has 6 rings (SSSR count). The molecule has 40 heavy (non-hydrogen) atoms. The third kappa shape index (κ3) is 4.88. The Morgan fingerprint density at radius 3 is 2.50 bits per heavy atom. The van der Waals surface area contributed by atoms with Crippen LogP contribution in [0.15, 0.2) is 96.4 Å². The molecule has 0 atom stereocenters. The van der Waals surface area contributed by atoms with Gasteiger partial charge in [0.05, 0.1) is 22.4 Å². The van der Waals surface area contributed by atoms with Gasteiger partial charge in [-0.2, -0.15) is 14.6 Å². The SMILES string of the molecule is C=CCOc1ccc(-c2nc3sc(=Cc4cn(-c5ccccc5)nc4-c4ccc(OC)c(Cl)c4)c(=O)n3n2)cc1. The lowest BCUT2D eigenvalue weighted by atomic mass is 10.1. The highest BCUT2D eigenvalue weighted by Crippen LogP contribution is 2.32. The number of ether oxygens (including phenoxy) is 2. The van der Waals surface area contributed by atoms with E-state index in [4.69, 9.17) is 26.2 Å². The van der Waals surface area contributed by atoms with Gasteiger partial charge in [-0.3, -0.25) is 4.79 Å². The minimum absolute atomic E-state index is 0.254. The highest BCUT2D eigenvalue weighted by Gasteiger charge is 2.16. The first-order chi connectivity index (χ1) is 19.5. The number of halogens is 1. The molecule has 3 heterocycles. The predicted molar refractivity (Wildman–Crippen MR) is 158 cm³/mol. The fourth-order valence-corrected chi connectivity index (χ4v) is 5.35. The van der Waals surface area contributed by atoms with E-state index in [-0.39, 0.29) is 5.56 Å². The molecule has 0 unspecified atom stereocenters. The van der Waals surface area contributed by atoms with Crippen LogP contribution in [0, 0.1) is 0 Å². The molecule has 0 aliphatic rings. The number of benzene rings is 3. The molecule has 6 aromatic rings. The molecule has 198 valence electrons. The van der Waals surface area contributed by atoms with Crippen molar-refractivity contribution >= 4 is 34.0 Å². The highest BCUT2D eigenvalue weighted by atomic mass is 35.5. The standard InChI is InChI=1S/C30H22ClN5O3S/c1-3-15-39-23-12-9-19(10-13-23)28-32-30-36(34-28)29(37)26(40-30)17-21-18-35(22-7-5-4-6-8-22)33-27(21)20-11-14-25(38-2)24(31)16-20/h3-14,16-18H,1,15H2,2H3.